The van der Waals surface area contributed by atoms with E-state index in [0.717, 1.165) is 5.56 Å². The van der Waals surface area contributed by atoms with Gasteiger partial charge in [-0.2, -0.15) is 0 Å². The lowest BCUT2D eigenvalue weighted by Gasteiger charge is -2.24. The van der Waals surface area contributed by atoms with Gasteiger partial charge in [0.2, 0.25) is 0 Å². The molecule has 0 aromatic heterocycles. The maximum absolute atomic E-state index is 12.5. The fourth-order valence-electron chi connectivity index (χ4n) is 2.45. The summed E-state index contributed by atoms with van der Waals surface area (Å²) < 4.78 is 10.3. The SMILES string of the molecule is COC(=O)c1ccc(C2COc3ccccc3C2=O)cc1. The average molecular weight is 282 g/mol. The van der Waals surface area contributed by atoms with Crippen LogP contribution in [-0.2, 0) is 4.74 Å². The smallest absolute Gasteiger partial charge is 0.337 e. The van der Waals surface area contributed by atoms with Crippen molar-refractivity contribution in [1.29, 1.82) is 0 Å². The molecule has 2 aromatic carbocycles. The summed E-state index contributed by atoms with van der Waals surface area (Å²) in [5, 5.41) is 0. The van der Waals surface area contributed by atoms with Crippen LogP contribution in [0.3, 0.4) is 0 Å². The van der Waals surface area contributed by atoms with Gasteiger partial charge in [-0.25, -0.2) is 4.79 Å². The van der Waals surface area contributed by atoms with Crippen molar-refractivity contribution in [2.24, 2.45) is 0 Å². The molecule has 0 bridgehead atoms. The number of fused-ring (bicyclic) bond motifs is 1. The number of para-hydroxylation sites is 1. The molecule has 4 nitrogen and oxygen atoms in total. The molecule has 0 amide bonds. The second-order valence-corrected chi connectivity index (χ2v) is 4.84. The Kier molecular flexibility index (Phi) is 3.44. The van der Waals surface area contributed by atoms with Crippen molar-refractivity contribution in [1.82, 2.24) is 0 Å². The fraction of sp³-hybridized carbons (Fsp3) is 0.176. The van der Waals surface area contributed by atoms with Crippen molar-refractivity contribution in [2.75, 3.05) is 13.7 Å². The predicted octanol–water partition coefficient (Wildman–Crippen LogP) is 2.83. The second-order valence-electron chi connectivity index (χ2n) is 4.84. The monoisotopic (exact) mass is 282 g/mol. The van der Waals surface area contributed by atoms with Gasteiger partial charge >= 0.3 is 5.97 Å². The van der Waals surface area contributed by atoms with E-state index in [1.54, 1.807) is 36.4 Å². The predicted molar refractivity (Wildman–Crippen MR) is 76.8 cm³/mol. The minimum Gasteiger partial charge on any atom is -0.492 e. The van der Waals surface area contributed by atoms with Crippen molar-refractivity contribution in [2.45, 2.75) is 5.92 Å². The fourth-order valence-corrected chi connectivity index (χ4v) is 2.45. The van der Waals surface area contributed by atoms with E-state index in [1.807, 2.05) is 12.1 Å². The van der Waals surface area contributed by atoms with E-state index in [1.165, 1.54) is 7.11 Å². The Morgan fingerprint density at radius 2 is 1.86 bits per heavy atom. The van der Waals surface area contributed by atoms with Crippen LogP contribution in [0.25, 0.3) is 0 Å². The Labute approximate surface area is 122 Å². The molecule has 0 spiro atoms. The highest BCUT2D eigenvalue weighted by molar-refractivity contribution is 6.04. The van der Waals surface area contributed by atoms with E-state index < -0.39 is 5.97 Å². The van der Waals surface area contributed by atoms with Gasteiger partial charge in [0, 0.05) is 0 Å². The summed E-state index contributed by atoms with van der Waals surface area (Å²) in [7, 11) is 1.34. The number of esters is 1. The molecule has 1 unspecified atom stereocenters. The molecule has 1 aliphatic heterocycles. The van der Waals surface area contributed by atoms with Gasteiger partial charge in [0.15, 0.2) is 5.78 Å². The molecule has 0 saturated carbocycles. The summed E-state index contributed by atoms with van der Waals surface area (Å²) >= 11 is 0. The number of carbonyl (C=O) groups excluding carboxylic acids is 2. The average Bonchev–Trinajstić information content (AvgIpc) is 2.55. The van der Waals surface area contributed by atoms with Gasteiger partial charge in [0.05, 0.1) is 24.2 Å². The van der Waals surface area contributed by atoms with E-state index in [2.05, 4.69) is 4.74 Å². The molecule has 1 aliphatic rings. The largest absolute Gasteiger partial charge is 0.492 e. The molecule has 0 N–H and O–H groups in total. The van der Waals surface area contributed by atoms with E-state index >= 15 is 0 Å². The first-order chi connectivity index (χ1) is 10.2. The summed E-state index contributed by atoms with van der Waals surface area (Å²) in [5.41, 5.74) is 1.90. The lowest BCUT2D eigenvalue weighted by Crippen LogP contribution is -2.26. The first-order valence-electron chi connectivity index (χ1n) is 6.65. The Morgan fingerprint density at radius 1 is 1.14 bits per heavy atom. The van der Waals surface area contributed by atoms with Crippen LogP contribution in [0, 0.1) is 0 Å². The summed E-state index contributed by atoms with van der Waals surface area (Å²) in [6.45, 7) is 0.313. The van der Waals surface area contributed by atoms with Crippen molar-refractivity contribution < 1.29 is 19.1 Å². The number of carbonyl (C=O) groups is 2. The molecule has 4 heteroatoms. The molecule has 2 aromatic rings. The molecule has 106 valence electrons. The first kappa shape index (κ1) is 13.4. The summed E-state index contributed by atoms with van der Waals surface area (Å²) in [4.78, 5) is 23.9. The number of rotatable bonds is 2. The molecule has 0 radical (unpaired) electrons. The molecular formula is C17H14O4. The quantitative estimate of drug-likeness (QED) is 0.795. The summed E-state index contributed by atoms with van der Waals surface area (Å²) in [6, 6.07) is 14.1. The molecule has 0 fully saturated rings. The number of methoxy groups -OCH3 is 1. The number of hydrogen-bond acceptors (Lipinski definition) is 4. The van der Waals surface area contributed by atoms with Crippen molar-refractivity contribution in [3.05, 3.63) is 65.2 Å². The van der Waals surface area contributed by atoms with Crippen LogP contribution >= 0.6 is 0 Å². The highest BCUT2D eigenvalue weighted by atomic mass is 16.5. The van der Waals surface area contributed by atoms with Crippen LogP contribution < -0.4 is 4.74 Å². The van der Waals surface area contributed by atoms with Crippen LogP contribution in [0.15, 0.2) is 48.5 Å². The van der Waals surface area contributed by atoms with Gasteiger partial charge in [-0.3, -0.25) is 4.79 Å². The van der Waals surface area contributed by atoms with Crippen molar-refractivity contribution in [3.63, 3.8) is 0 Å². The normalized spacial score (nSPS) is 16.8. The van der Waals surface area contributed by atoms with Crippen LogP contribution in [0.2, 0.25) is 0 Å². The van der Waals surface area contributed by atoms with E-state index in [9.17, 15) is 9.59 Å². The topological polar surface area (TPSA) is 52.6 Å². The van der Waals surface area contributed by atoms with Gasteiger partial charge in [-0.05, 0) is 29.8 Å². The van der Waals surface area contributed by atoms with Gasteiger partial charge in [0.25, 0.3) is 0 Å². The van der Waals surface area contributed by atoms with Gasteiger partial charge in [-0.1, -0.05) is 24.3 Å². The van der Waals surface area contributed by atoms with E-state index in [4.69, 9.17) is 4.74 Å². The van der Waals surface area contributed by atoms with Crippen LogP contribution in [0.5, 0.6) is 5.75 Å². The number of Topliss-reactive ketones (excluding diaryl/α,β-unsaturated/α-hetero) is 1. The molecule has 21 heavy (non-hydrogen) atoms. The van der Waals surface area contributed by atoms with Gasteiger partial charge in [-0.15, -0.1) is 0 Å². The third kappa shape index (κ3) is 2.40. The zero-order chi connectivity index (χ0) is 14.8. The highest BCUT2D eigenvalue weighted by Crippen LogP contribution is 2.32. The number of ketones is 1. The summed E-state index contributed by atoms with van der Waals surface area (Å²) in [6.07, 6.45) is 0. The molecule has 1 heterocycles. The first-order valence-corrected chi connectivity index (χ1v) is 6.65. The van der Waals surface area contributed by atoms with Crippen LogP contribution in [0.4, 0.5) is 0 Å². The second kappa shape index (κ2) is 5.40. The summed E-state index contributed by atoms with van der Waals surface area (Å²) in [5.74, 6) is -0.0580. The van der Waals surface area contributed by atoms with Crippen molar-refractivity contribution >= 4 is 11.8 Å². The van der Waals surface area contributed by atoms with E-state index in [0.29, 0.717) is 23.5 Å². The van der Waals surface area contributed by atoms with Gasteiger partial charge in [0.1, 0.15) is 12.4 Å². The Morgan fingerprint density at radius 3 is 2.57 bits per heavy atom. The number of hydrogen-bond donors (Lipinski definition) is 0. The third-order valence-corrected chi connectivity index (χ3v) is 3.61. The number of benzene rings is 2. The zero-order valence-corrected chi connectivity index (χ0v) is 11.5. The maximum atomic E-state index is 12.5. The van der Waals surface area contributed by atoms with E-state index in [-0.39, 0.29) is 11.7 Å². The Hall–Kier alpha value is -2.62. The zero-order valence-electron chi connectivity index (χ0n) is 11.5. The number of ether oxygens (including phenoxy) is 2. The molecule has 0 saturated heterocycles. The minimum atomic E-state index is -0.391. The van der Waals surface area contributed by atoms with Crippen molar-refractivity contribution in [3.8, 4) is 5.75 Å². The lowest BCUT2D eigenvalue weighted by atomic mass is 9.88. The minimum absolute atomic E-state index is 0.0441. The van der Waals surface area contributed by atoms with Gasteiger partial charge < -0.3 is 9.47 Å². The third-order valence-electron chi connectivity index (χ3n) is 3.61. The van der Waals surface area contributed by atoms with Crippen LogP contribution in [0.1, 0.15) is 32.2 Å². The molecule has 0 aliphatic carbocycles. The molecular weight excluding hydrogens is 268 g/mol. The Bertz CT molecular complexity index is 688. The lowest BCUT2D eigenvalue weighted by molar-refractivity contribution is 0.0600. The highest BCUT2D eigenvalue weighted by Gasteiger charge is 2.29. The molecule has 3 rings (SSSR count). The van der Waals surface area contributed by atoms with Crippen LogP contribution in [-0.4, -0.2) is 25.5 Å². The Balaban J connectivity index is 1.89. The maximum Gasteiger partial charge on any atom is 0.337 e. The standard InChI is InChI=1S/C17H14O4/c1-20-17(19)12-8-6-11(7-9-12)14-10-21-15-5-3-2-4-13(15)16(14)18/h2-9,14H,10H2,1H3. The molecule has 1 atom stereocenters.